The maximum Gasteiger partial charge on any atom is 0.125 e. The van der Waals surface area contributed by atoms with Crippen molar-refractivity contribution < 1.29 is 0 Å². The minimum Gasteiger partial charge on any atom is -0.322 e. The van der Waals surface area contributed by atoms with Gasteiger partial charge in [-0.15, -0.1) is 11.6 Å². The molecule has 0 saturated carbocycles. The van der Waals surface area contributed by atoms with E-state index in [1.807, 2.05) is 25.5 Å². The van der Waals surface area contributed by atoms with Crippen LogP contribution in [0.4, 0.5) is 0 Å². The third-order valence-corrected chi connectivity index (χ3v) is 3.09. The fourth-order valence-electron chi connectivity index (χ4n) is 2.05. The van der Waals surface area contributed by atoms with Gasteiger partial charge in [0.15, 0.2) is 0 Å². The van der Waals surface area contributed by atoms with Gasteiger partial charge in [0.25, 0.3) is 0 Å². The number of pyridine rings is 1. The highest BCUT2D eigenvalue weighted by Crippen LogP contribution is 2.18. The molecule has 0 aromatic carbocycles. The van der Waals surface area contributed by atoms with Crippen LogP contribution in [-0.4, -0.2) is 24.3 Å². The molecule has 3 rings (SSSR count). The molecule has 0 unspecified atom stereocenters. The number of rotatable bonds is 3. The summed E-state index contributed by atoms with van der Waals surface area (Å²) in [6.45, 7) is 0.719. The number of fused-ring (bicyclic) bond motifs is 1. The average Bonchev–Trinajstić information content (AvgIpc) is 2.94. The number of aromatic nitrogens is 5. The third-order valence-electron chi connectivity index (χ3n) is 2.85. The van der Waals surface area contributed by atoms with E-state index in [4.69, 9.17) is 11.6 Å². The molecule has 0 spiro atoms. The third kappa shape index (κ3) is 1.86. The Bertz CT molecular complexity index is 685. The minimum absolute atomic E-state index is 0.384. The zero-order chi connectivity index (χ0) is 12.5. The summed E-state index contributed by atoms with van der Waals surface area (Å²) in [7, 11) is 1.90. The van der Waals surface area contributed by atoms with Crippen LogP contribution in [0.25, 0.3) is 11.0 Å². The van der Waals surface area contributed by atoms with Crippen molar-refractivity contribution in [2.24, 2.45) is 7.05 Å². The van der Waals surface area contributed by atoms with Crippen LogP contribution >= 0.6 is 11.6 Å². The summed E-state index contributed by atoms with van der Waals surface area (Å²) in [5, 5.41) is 4.17. The first-order chi connectivity index (χ1) is 8.78. The summed E-state index contributed by atoms with van der Waals surface area (Å²) in [6, 6.07) is 1.95. The van der Waals surface area contributed by atoms with Crippen molar-refractivity contribution in [3.8, 4) is 0 Å². The Labute approximate surface area is 109 Å². The van der Waals surface area contributed by atoms with Gasteiger partial charge in [-0.3, -0.25) is 9.67 Å². The van der Waals surface area contributed by atoms with Crippen LogP contribution < -0.4 is 0 Å². The first kappa shape index (κ1) is 11.2. The van der Waals surface area contributed by atoms with Crippen LogP contribution in [0.5, 0.6) is 0 Å². The van der Waals surface area contributed by atoms with Gasteiger partial charge in [-0.1, -0.05) is 0 Å². The summed E-state index contributed by atoms with van der Waals surface area (Å²) in [6.07, 6.45) is 7.36. The van der Waals surface area contributed by atoms with E-state index in [-0.39, 0.29) is 0 Å². The average molecular weight is 262 g/mol. The van der Waals surface area contributed by atoms with E-state index in [2.05, 4.69) is 19.6 Å². The molecule has 0 N–H and O–H groups in total. The monoisotopic (exact) mass is 261 g/mol. The lowest BCUT2D eigenvalue weighted by Crippen LogP contribution is -2.03. The Hall–Kier alpha value is -1.88. The molecular weight excluding hydrogens is 250 g/mol. The standard InChI is InChI=1S/C12H12ClN5/c1-17-7-9(5-15-17)8-18-11-2-3-14-6-10(11)16-12(18)4-13/h2-3,5-7H,4,8H2,1H3. The molecular formula is C12H12ClN5. The molecule has 0 amide bonds. The lowest BCUT2D eigenvalue weighted by molar-refractivity contribution is 0.758. The molecule has 3 heterocycles. The highest BCUT2D eigenvalue weighted by Gasteiger charge is 2.10. The summed E-state index contributed by atoms with van der Waals surface area (Å²) in [5.74, 6) is 1.23. The normalized spacial score (nSPS) is 11.2. The Morgan fingerprint density at radius 2 is 2.22 bits per heavy atom. The van der Waals surface area contributed by atoms with Crippen LogP contribution in [0.1, 0.15) is 11.4 Å². The fraction of sp³-hybridized carbons (Fsp3) is 0.250. The van der Waals surface area contributed by atoms with Gasteiger partial charge in [0, 0.05) is 25.0 Å². The van der Waals surface area contributed by atoms with Crippen LogP contribution in [0.15, 0.2) is 30.9 Å². The Kier molecular flexibility index (Phi) is 2.76. The fourth-order valence-corrected chi connectivity index (χ4v) is 2.25. The topological polar surface area (TPSA) is 48.5 Å². The summed E-state index contributed by atoms with van der Waals surface area (Å²) < 4.78 is 3.89. The van der Waals surface area contributed by atoms with Gasteiger partial charge in [-0.2, -0.15) is 5.10 Å². The molecule has 18 heavy (non-hydrogen) atoms. The molecule has 0 aliphatic carbocycles. The Balaban J connectivity index is 2.09. The highest BCUT2D eigenvalue weighted by molar-refractivity contribution is 6.16. The molecule has 3 aromatic rings. The Morgan fingerprint density at radius 1 is 1.33 bits per heavy atom. The van der Waals surface area contributed by atoms with Crippen LogP contribution in [0.3, 0.4) is 0 Å². The molecule has 0 fully saturated rings. The zero-order valence-corrected chi connectivity index (χ0v) is 10.7. The molecule has 0 bridgehead atoms. The lowest BCUT2D eigenvalue weighted by Gasteiger charge is -2.05. The van der Waals surface area contributed by atoms with E-state index >= 15 is 0 Å². The zero-order valence-electron chi connectivity index (χ0n) is 9.91. The van der Waals surface area contributed by atoms with E-state index in [9.17, 15) is 0 Å². The van der Waals surface area contributed by atoms with Crippen molar-refractivity contribution in [2.75, 3.05) is 0 Å². The van der Waals surface area contributed by atoms with Gasteiger partial charge >= 0.3 is 0 Å². The molecule has 0 aliphatic rings. The largest absolute Gasteiger partial charge is 0.322 e. The van der Waals surface area contributed by atoms with Crippen molar-refractivity contribution in [1.29, 1.82) is 0 Å². The molecule has 0 radical (unpaired) electrons. The van der Waals surface area contributed by atoms with E-state index in [0.717, 1.165) is 29.0 Å². The molecule has 6 heteroatoms. The smallest absolute Gasteiger partial charge is 0.125 e. The Morgan fingerprint density at radius 3 is 2.94 bits per heavy atom. The second-order valence-electron chi connectivity index (χ2n) is 4.13. The van der Waals surface area contributed by atoms with Crippen molar-refractivity contribution in [3.63, 3.8) is 0 Å². The quantitative estimate of drug-likeness (QED) is 0.677. The second-order valence-corrected chi connectivity index (χ2v) is 4.40. The minimum atomic E-state index is 0.384. The van der Waals surface area contributed by atoms with Gasteiger partial charge in [-0.05, 0) is 6.07 Å². The van der Waals surface area contributed by atoms with Gasteiger partial charge in [0.05, 0.1) is 30.3 Å². The van der Waals surface area contributed by atoms with E-state index < -0.39 is 0 Å². The van der Waals surface area contributed by atoms with Crippen LogP contribution in [-0.2, 0) is 19.5 Å². The summed E-state index contributed by atoms with van der Waals surface area (Å²) in [4.78, 5) is 8.55. The number of halogens is 1. The van der Waals surface area contributed by atoms with Gasteiger partial charge in [0.2, 0.25) is 0 Å². The molecule has 0 atom stereocenters. The molecule has 92 valence electrons. The second kappa shape index (κ2) is 4.42. The predicted octanol–water partition coefficient (Wildman–Crippen LogP) is 1.95. The predicted molar refractivity (Wildman–Crippen MR) is 69.4 cm³/mol. The lowest BCUT2D eigenvalue weighted by atomic mass is 10.3. The van der Waals surface area contributed by atoms with Crippen molar-refractivity contribution in [2.45, 2.75) is 12.4 Å². The number of hydrogen-bond acceptors (Lipinski definition) is 3. The summed E-state index contributed by atoms with van der Waals surface area (Å²) in [5.41, 5.74) is 3.04. The van der Waals surface area contributed by atoms with Crippen molar-refractivity contribution in [1.82, 2.24) is 24.3 Å². The number of alkyl halides is 1. The summed E-state index contributed by atoms with van der Waals surface area (Å²) >= 11 is 5.95. The first-order valence-corrected chi connectivity index (χ1v) is 6.14. The highest BCUT2D eigenvalue weighted by atomic mass is 35.5. The molecule has 0 aliphatic heterocycles. The van der Waals surface area contributed by atoms with E-state index in [0.29, 0.717) is 5.88 Å². The maximum absolute atomic E-state index is 5.95. The van der Waals surface area contributed by atoms with Crippen molar-refractivity contribution >= 4 is 22.6 Å². The molecule has 0 saturated heterocycles. The number of nitrogens with zero attached hydrogens (tertiary/aromatic N) is 5. The molecule has 3 aromatic heterocycles. The SMILES string of the molecule is Cn1cc(Cn2c(CCl)nc3cnccc32)cn1. The number of aryl methyl sites for hydroxylation is 1. The van der Waals surface area contributed by atoms with E-state index in [1.54, 1.807) is 17.1 Å². The van der Waals surface area contributed by atoms with Crippen molar-refractivity contribution in [3.05, 3.63) is 42.2 Å². The number of hydrogen-bond donors (Lipinski definition) is 0. The van der Waals surface area contributed by atoms with Crippen LogP contribution in [0, 0.1) is 0 Å². The van der Waals surface area contributed by atoms with Gasteiger partial charge < -0.3 is 4.57 Å². The maximum atomic E-state index is 5.95. The number of imidazole rings is 1. The first-order valence-electron chi connectivity index (χ1n) is 5.60. The van der Waals surface area contributed by atoms with E-state index in [1.165, 1.54) is 0 Å². The van der Waals surface area contributed by atoms with Crippen LogP contribution in [0.2, 0.25) is 0 Å². The van der Waals surface area contributed by atoms with Gasteiger partial charge in [0.1, 0.15) is 11.3 Å². The molecule has 5 nitrogen and oxygen atoms in total. The van der Waals surface area contributed by atoms with Gasteiger partial charge in [-0.25, -0.2) is 4.98 Å².